The van der Waals surface area contributed by atoms with Crippen LogP contribution in [0.4, 0.5) is 34.1 Å². The molecule has 0 atom stereocenters. The van der Waals surface area contributed by atoms with Gasteiger partial charge in [0.2, 0.25) is 0 Å². The van der Waals surface area contributed by atoms with E-state index in [-0.39, 0.29) is 0 Å². The first-order chi connectivity index (χ1) is 26.2. The van der Waals surface area contributed by atoms with Gasteiger partial charge in [-0.2, -0.15) is 0 Å². The lowest BCUT2D eigenvalue weighted by Gasteiger charge is -2.26. The van der Waals surface area contributed by atoms with E-state index in [2.05, 4.69) is 198 Å². The van der Waals surface area contributed by atoms with Gasteiger partial charge in [-0.15, -0.1) is 22.7 Å². The first-order valence-corrected chi connectivity index (χ1v) is 19.6. The van der Waals surface area contributed by atoms with Crippen molar-refractivity contribution in [1.82, 2.24) is 0 Å². The predicted octanol–water partition coefficient (Wildman–Crippen LogP) is 15.7. The number of hydrogen-bond acceptors (Lipinski definition) is 4. The van der Waals surface area contributed by atoms with Crippen LogP contribution in [0.15, 0.2) is 188 Å². The molecule has 0 amide bonds. The summed E-state index contributed by atoms with van der Waals surface area (Å²) >= 11 is 10.7. The van der Waals surface area contributed by atoms with Gasteiger partial charge in [0, 0.05) is 74.5 Å². The molecule has 252 valence electrons. The molecule has 0 fully saturated rings. The molecule has 0 aliphatic heterocycles. The minimum Gasteiger partial charge on any atom is -0.310 e. The van der Waals surface area contributed by atoms with Crippen LogP contribution >= 0.6 is 34.3 Å². The molecule has 0 unspecified atom stereocenters. The summed E-state index contributed by atoms with van der Waals surface area (Å²) in [6.45, 7) is 0. The summed E-state index contributed by atoms with van der Waals surface area (Å²) in [5, 5.41) is 5.62. The highest BCUT2D eigenvalue weighted by Crippen LogP contribution is 2.45. The van der Waals surface area contributed by atoms with Gasteiger partial charge in [-0.05, 0) is 102 Å². The van der Waals surface area contributed by atoms with Crippen LogP contribution in [-0.2, 0) is 0 Å². The predicted molar refractivity (Wildman–Crippen MR) is 232 cm³/mol. The highest BCUT2D eigenvalue weighted by molar-refractivity contribution is 7.26. The second-order valence-corrected chi connectivity index (χ2v) is 15.7. The number of nitrogens with zero attached hydrogens (tertiary/aromatic N) is 2. The average Bonchev–Trinajstić information content (AvgIpc) is 3.77. The molecule has 0 aliphatic rings. The summed E-state index contributed by atoms with van der Waals surface area (Å²) in [7, 11) is 0. The smallest absolute Gasteiger partial charge is 0.0519 e. The van der Waals surface area contributed by atoms with Crippen LogP contribution in [0, 0.1) is 0 Å². The molecular weight excluding hydrogens is 704 g/mol. The Bertz CT molecular complexity index is 2880. The Morgan fingerprint density at radius 3 is 1.60 bits per heavy atom. The van der Waals surface area contributed by atoms with Crippen molar-refractivity contribution in [2.75, 3.05) is 9.80 Å². The molecule has 10 rings (SSSR count). The number of thiophene rings is 2. The lowest BCUT2D eigenvalue weighted by Crippen LogP contribution is -2.09. The van der Waals surface area contributed by atoms with Crippen molar-refractivity contribution in [3.05, 3.63) is 193 Å². The molecule has 2 aromatic heterocycles. The number of anilines is 6. The fourth-order valence-electron chi connectivity index (χ4n) is 7.45. The summed E-state index contributed by atoms with van der Waals surface area (Å²) in [5.74, 6) is 0. The number of fused-ring (bicyclic) bond motifs is 6. The Kier molecular flexibility index (Phi) is 7.95. The first-order valence-electron chi connectivity index (χ1n) is 17.6. The summed E-state index contributed by atoms with van der Waals surface area (Å²) in [6.07, 6.45) is 0. The summed E-state index contributed by atoms with van der Waals surface area (Å²) in [4.78, 5) is 4.64. The van der Waals surface area contributed by atoms with Gasteiger partial charge in [-0.25, -0.2) is 0 Å². The van der Waals surface area contributed by atoms with Gasteiger partial charge < -0.3 is 9.80 Å². The van der Waals surface area contributed by atoms with Gasteiger partial charge in [-0.3, -0.25) is 0 Å². The van der Waals surface area contributed by atoms with E-state index in [0.29, 0.717) is 0 Å². The molecule has 0 aliphatic carbocycles. The van der Waals surface area contributed by atoms with Crippen LogP contribution < -0.4 is 9.80 Å². The van der Waals surface area contributed by atoms with Crippen LogP contribution in [0.1, 0.15) is 0 Å². The van der Waals surface area contributed by atoms with E-state index in [1.807, 2.05) is 11.3 Å². The molecule has 53 heavy (non-hydrogen) atoms. The Hall–Kier alpha value is -5.91. The zero-order valence-electron chi connectivity index (χ0n) is 28.5. The molecule has 2 heterocycles. The molecule has 10 aromatic rings. The van der Waals surface area contributed by atoms with Gasteiger partial charge >= 0.3 is 0 Å². The zero-order chi connectivity index (χ0) is 35.3. The van der Waals surface area contributed by atoms with E-state index in [4.69, 9.17) is 11.6 Å². The Morgan fingerprint density at radius 1 is 0.321 bits per heavy atom. The number of halogens is 1. The molecular formula is C48H31ClN2S2. The topological polar surface area (TPSA) is 6.48 Å². The Morgan fingerprint density at radius 2 is 0.887 bits per heavy atom. The lowest BCUT2D eigenvalue weighted by atomic mass is 10.0. The zero-order valence-corrected chi connectivity index (χ0v) is 30.9. The van der Waals surface area contributed by atoms with Crippen LogP contribution in [0.25, 0.3) is 51.5 Å². The Balaban J connectivity index is 1.06. The summed E-state index contributed by atoms with van der Waals surface area (Å²) < 4.78 is 4.97. The van der Waals surface area contributed by atoms with Gasteiger partial charge in [0.25, 0.3) is 0 Å². The lowest BCUT2D eigenvalue weighted by molar-refractivity contribution is 1.29. The number of benzene rings is 8. The summed E-state index contributed by atoms with van der Waals surface area (Å²) in [5.41, 5.74) is 8.95. The molecule has 0 spiro atoms. The van der Waals surface area contributed by atoms with Gasteiger partial charge in [0.15, 0.2) is 0 Å². The van der Waals surface area contributed by atoms with Crippen LogP contribution in [0.3, 0.4) is 0 Å². The highest BCUT2D eigenvalue weighted by atomic mass is 35.5. The molecule has 8 aromatic carbocycles. The number of rotatable bonds is 7. The molecule has 2 nitrogen and oxygen atoms in total. The van der Waals surface area contributed by atoms with E-state index in [0.717, 1.165) is 50.1 Å². The Labute approximate surface area is 321 Å². The quantitative estimate of drug-likeness (QED) is 0.161. The van der Waals surface area contributed by atoms with Crippen LogP contribution in [0.5, 0.6) is 0 Å². The third-order valence-corrected chi connectivity index (χ3v) is 12.4. The minimum atomic E-state index is 0.765. The van der Waals surface area contributed by atoms with Gasteiger partial charge in [0.05, 0.1) is 5.02 Å². The largest absolute Gasteiger partial charge is 0.310 e. The van der Waals surface area contributed by atoms with Gasteiger partial charge in [0.1, 0.15) is 0 Å². The van der Waals surface area contributed by atoms with Crippen molar-refractivity contribution < 1.29 is 0 Å². The van der Waals surface area contributed by atoms with E-state index in [9.17, 15) is 0 Å². The second kappa shape index (κ2) is 13.3. The first kappa shape index (κ1) is 31.8. The maximum Gasteiger partial charge on any atom is 0.0519 e. The fraction of sp³-hybridized carbons (Fsp3) is 0. The molecule has 0 bridgehead atoms. The summed E-state index contributed by atoms with van der Waals surface area (Å²) in [6, 6.07) is 67.2. The second-order valence-electron chi connectivity index (χ2n) is 13.1. The van der Waals surface area contributed by atoms with E-state index in [1.165, 1.54) is 40.5 Å². The monoisotopic (exact) mass is 734 g/mol. The normalized spacial score (nSPS) is 11.5. The number of hydrogen-bond donors (Lipinski definition) is 0. The third-order valence-electron chi connectivity index (χ3n) is 9.87. The average molecular weight is 735 g/mol. The maximum atomic E-state index is 7.09. The van der Waals surface area contributed by atoms with E-state index in [1.54, 1.807) is 11.3 Å². The maximum absolute atomic E-state index is 7.09. The van der Waals surface area contributed by atoms with Gasteiger partial charge in [-0.1, -0.05) is 109 Å². The van der Waals surface area contributed by atoms with Crippen molar-refractivity contribution in [3.63, 3.8) is 0 Å². The van der Waals surface area contributed by atoms with Crippen LogP contribution in [-0.4, -0.2) is 0 Å². The highest BCUT2D eigenvalue weighted by Gasteiger charge is 2.19. The molecule has 0 N–H and O–H groups in total. The third kappa shape index (κ3) is 5.73. The SMILES string of the molecule is Clc1cc(N(c2ccccc2)c2cccc(-c3ccc4c(c3)sc3ccc(N(c5ccccc5)c5ccccc5)cc34)c2)cc2sc3ccccc3c12. The van der Waals surface area contributed by atoms with E-state index < -0.39 is 0 Å². The standard InChI is InChI=1S/C48H31ClN2S2/c49-43-30-39(31-47-48(43)41-21-10-11-22-44(41)53-47)51(36-18-8-3-9-19-36)37-20-12-13-32(27-37)33-23-25-40-42-29-38(24-26-45(42)52-46(40)28-33)50(34-14-4-1-5-15-34)35-16-6-2-7-17-35/h1-31H. The van der Waals surface area contributed by atoms with Crippen molar-refractivity contribution in [1.29, 1.82) is 0 Å². The molecule has 0 radical (unpaired) electrons. The molecule has 5 heteroatoms. The van der Waals surface area contributed by atoms with Crippen LogP contribution in [0.2, 0.25) is 5.02 Å². The molecule has 0 saturated carbocycles. The van der Waals surface area contributed by atoms with E-state index >= 15 is 0 Å². The van der Waals surface area contributed by atoms with Crippen molar-refractivity contribution in [3.8, 4) is 11.1 Å². The molecule has 0 saturated heterocycles. The van der Waals surface area contributed by atoms with Crippen molar-refractivity contribution in [2.45, 2.75) is 0 Å². The fourth-order valence-corrected chi connectivity index (χ4v) is 10.1. The van der Waals surface area contributed by atoms with Crippen molar-refractivity contribution >= 4 is 109 Å². The number of para-hydroxylation sites is 3. The minimum absolute atomic E-state index is 0.765. The van der Waals surface area contributed by atoms with Crippen molar-refractivity contribution in [2.24, 2.45) is 0 Å².